The summed E-state index contributed by atoms with van der Waals surface area (Å²) in [4.78, 5) is 35.4. The predicted octanol–water partition coefficient (Wildman–Crippen LogP) is 0.719. The van der Waals surface area contributed by atoms with Gasteiger partial charge in [-0.25, -0.2) is 0 Å². The van der Waals surface area contributed by atoms with Crippen molar-refractivity contribution in [3.05, 3.63) is 0 Å². The summed E-state index contributed by atoms with van der Waals surface area (Å²) in [6.45, 7) is 5.68. The van der Waals surface area contributed by atoms with E-state index in [1.54, 1.807) is 13.8 Å². The van der Waals surface area contributed by atoms with Gasteiger partial charge in [-0.3, -0.25) is 14.4 Å². The van der Waals surface area contributed by atoms with E-state index in [-0.39, 0.29) is 12.3 Å². The molecule has 1 amide bonds. The van der Waals surface area contributed by atoms with Crippen LogP contribution in [0.4, 0.5) is 0 Å². The third-order valence-corrected chi connectivity index (χ3v) is 3.75. The maximum absolute atomic E-state index is 11.9. The second-order valence-corrected chi connectivity index (χ2v) is 4.72. The maximum Gasteiger partial charge on any atom is 0.317 e. The highest BCUT2D eigenvalue weighted by Gasteiger charge is 2.46. The van der Waals surface area contributed by atoms with E-state index in [1.807, 2.05) is 0 Å². The minimum absolute atomic E-state index is 0.384. The Kier molecular flexibility index (Phi) is 6.17. The lowest BCUT2D eigenvalue weighted by Gasteiger charge is -2.30. The van der Waals surface area contributed by atoms with Crippen LogP contribution in [0.1, 0.15) is 27.2 Å². The first kappa shape index (κ1) is 16.8. The van der Waals surface area contributed by atoms with Gasteiger partial charge in [-0.15, -0.1) is 0 Å². The summed E-state index contributed by atoms with van der Waals surface area (Å²) in [5.74, 6) is -3.08. The zero-order valence-electron chi connectivity index (χ0n) is 10.7. The number of aliphatic carboxylic acids is 2. The largest absolute Gasteiger partial charge is 0.481 e. The molecule has 0 aromatic heterocycles. The molecule has 2 atom stereocenters. The Labute approximate surface area is 111 Å². The summed E-state index contributed by atoms with van der Waals surface area (Å²) in [5, 5.41) is 16.6. The highest BCUT2D eigenvalue weighted by atomic mass is 32.1. The molecule has 104 valence electrons. The Bertz CT molecular complexity index is 342. The molecule has 0 aliphatic rings. The van der Waals surface area contributed by atoms with E-state index in [1.165, 1.54) is 11.8 Å². The summed E-state index contributed by atoms with van der Waals surface area (Å²) < 4.78 is 0. The summed E-state index contributed by atoms with van der Waals surface area (Å²) in [6.07, 6.45) is -0.384. The first-order valence-electron chi connectivity index (χ1n) is 5.62. The van der Waals surface area contributed by atoms with Gasteiger partial charge < -0.3 is 15.1 Å². The average molecular weight is 277 g/mol. The second-order valence-electron chi connectivity index (χ2n) is 4.21. The van der Waals surface area contributed by atoms with E-state index < -0.39 is 22.6 Å². The lowest BCUT2D eigenvalue weighted by molar-refractivity contribution is -0.157. The monoisotopic (exact) mass is 277 g/mol. The van der Waals surface area contributed by atoms with Crippen molar-refractivity contribution >= 4 is 30.5 Å². The molecule has 0 aliphatic heterocycles. The van der Waals surface area contributed by atoms with Crippen molar-refractivity contribution < 1.29 is 24.6 Å². The van der Waals surface area contributed by atoms with Crippen LogP contribution in [-0.2, 0) is 14.4 Å². The summed E-state index contributed by atoms with van der Waals surface area (Å²) in [5.41, 5.74) is -1.73. The van der Waals surface area contributed by atoms with E-state index in [9.17, 15) is 14.4 Å². The number of hydrogen-bond acceptors (Lipinski definition) is 4. The van der Waals surface area contributed by atoms with Crippen LogP contribution in [-0.4, -0.2) is 51.3 Å². The normalized spacial score (nSPS) is 15.6. The lowest BCUT2D eigenvalue weighted by Crippen LogP contribution is -2.46. The van der Waals surface area contributed by atoms with Gasteiger partial charge in [0.15, 0.2) is 0 Å². The summed E-state index contributed by atoms with van der Waals surface area (Å²) in [7, 11) is 0. The van der Waals surface area contributed by atoms with Crippen LogP contribution in [0.25, 0.3) is 0 Å². The number of carboxylic acids is 2. The van der Waals surface area contributed by atoms with Crippen LogP contribution in [0.5, 0.6) is 0 Å². The quantitative estimate of drug-likeness (QED) is 0.596. The van der Waals surface area contributed by atoms with Crippen molar-refractivity contribution in [2.45, 2.75) is 32.4 Å². The molecule has 0 aromatic rings. The van der Waals surface area contributed by atoms with Crippen LogP contribution >= 0.6 is 12.6 Å². The molecule has 0 spiro atoms. The van der Waals surface area contributed by atoms with Crippen molar-refractivity contribution in [1.82, 2.24) is 4.90 Å². The molecular weight excluding hydrogens is 258 g/mol. The Morgan fingerprint density at radius 2 is 1.67 bits per heavy atom. The Hall–Kier alpha value is -1.24. The number of carbonyl (C=O) groups is 3. The molecule has 0 aromatic carbocycles. The molecule has 0 saturated heterocycles. The topological polar surface area (TPSA) is 94.9 Å². The second kappa shape index (κ2) is 6.63. The molecule has 2 unspecified atom stereocenters. The van der Waals surface area contributed by atoms with Gasteiger partial charge in [0.2, 0.25) is 5.91 Å². The molecule has 0 heterocycles. The van der Waals surface area contributed by atoms with Crippen molar-refractivity contribution in [2.75, 3.05) is 13.1 Å². The van der Waals surface area contributed by atoms with Crippen molar-refractivity contribution in [1.29, 1.82) is 0 Å². The van der Waals surface area contributed by atoms with Crippen LogP contribution in [0.15, 0.2) is 0 Å². The van der Waals surface area contributed by atoms with Crippen LogP contribution in [0, 0.1) is 5.41 Å². The molecule has 2 N–H and O–H groups in total. The maximum atomic E-state index is 11.9. The highest BCUT2D eigenvalue weighted by Crippen LogP contribution is 2.31. The van der Waals surface area contributed by atoms with Crippen molar-refractivity contribution in [2.24, 2.45) is 5.41 Å². The van der Waals surface area contributed by atoms with Gasteiger partial charge in [-0.1, -0.05) is 0 Å². The molecule has 0 radical (unpaired) electrons. The number of carboxylic acid groups (broad SMARTS) is 2. The van der Waals surface area contributed by atoms with Crippen LogP contribution < -0.4 is 0 Å². The molecule has 0 rings (SSSR count). The average Bonchev–Trinajstić information content (AvgIpc) is 2.28. The molecule has 0 bridgehead atoms. The number of hydrogen-bond donors (Lipinski definition) is 3. The Morgan fingerprint density at radius 3 is 1.94 bits per heavy atom. The van der Waals surface area contributed by atoms with Gasteiger partial charge in [0.1, 0.15) is 5.25 Å². The van der Waals surface area contributed by atoms with Crippen molar-refractivity contribution in [3.8, 4) is 0 Å². The van der Waals surface area contributed by atoms with E-state index in [0.29, 0.717) is 13.1 Å². The number of rotatable bonds is 7. The third kappa shape index (κ3) is 3.63. The first-order valence-corrected chi connectivity index (χ1v) is 6.14. The van der Waals surface area contributed by atoms with Gasteiger partial charge in [0.05, 0.1) is 5.41 Å². The van der Waals surface area contributed by atoms with E-state index in [2.05, 4.69) is 12.6 Å². The van der Waals surface area contributed by atoms with Crippen molar-refractivity contribution in [3.63, 3.8) is 0 Å². The smallest absolute Gasteiger partial charge is 0.317 e. The fourth-order valence-electron chi connectivity index (χ4n) is 1.56. The molecule has 18 heavy (non-hydrogen) atoms. The zero-order valence-corrected chi connectivity index (χ0v) is 11.6. The van der Waals surface area contributed by atoms with Gasteiger partial charge >= 0.3 is 11.9 Å². The number of carbonyl (C=O) groups excluding carboxylic acids is 1. The Morgan fingerprint density at radius 1 is 1.22 bits per heavy atom. The molecule has 0 fully saturated rings. The zero-order chi connectivity index (χ0) is 14.5. The fourth-order valence-corrected chi connectivity index (χ4v) is 1.77. The van der Waals surface area contributed by atoms with Gasteiger partial charge in [-0.05, 0) is 20.8 Å². The van der Waals surface area contributed by atoms with Gasteiger partial charge in [-0.2, -0.15) is 12.6 Å². The lowest BCUT2D eigenvalue weighted by atomic mass is 9.82. The summed E-state index contributed by atoms with van der Waals surface area (Å²) in [6, 6.07) is 0. The third-order valence-electron chi connectivity index (χ3n) is 2.96. The number of amides is 1. The molecule has 0 aliphatic carbocycles. The minimum Gasteiger partial charge on any atom is -0.481 e. The van der Waals surface area contributed by atoms with Crippen LogP contribution in [0.2, 0.25) is 0 Å². The van der Waals surface area contributed by atoms with E-state index in [0.717, 1.165) is 0 Å². The number of thiol groups is 1. The molecule has 7 heteroatoms. The SMILES string of the molecule is CCN(CC)C(=O)CC(C)(C(=O)O)C(S)C(=O)O. The number of nitrogens with zero attached hydrogens (tertiary/aromatic N) is 1. The van der Waals surface area contributed by atoms with Gasteiger partial charge in [0, 0.05) is 19.5 Å². The predicted molar refractivity (Wildman–Crippen MR) is 68.7 cm³/mol. The van der Waals surface area contributed by atoms with Crippen LogP contribution in [0.3, 0.4) is 0 Å². The Balaban J connectivity index is 5.10. The van der Waals surface area contributed by atoms with E-state index in [4.69, 9.17) is 10.2 Å². The first-order chi connectivity index (χ1) is 8.20. The highest BCUT2D eigenvalue weighted by molar-refractivity contribution is 7.81. The summed E-state index contributed by atoms with van der Waals surface area (Å²) >= 11 is 3.80. The molecule has 0 saturated carbocycles. The standard InChI is InChI=1S/C11H19NO5S/c1-4-12(5-2)7(13)6-11(3,10(16)17)8(18)9(14)15/h8,18H,4-6H2,1-3H3,(H,14,15)(H,16,17). The fraction of sp³-hybridized carbons (Fsp3) is 0.727. The van der Waals surface area contributed by atoms with Gasteiger partial charge in [0.25, 0.3) is 0 Å². The molecule has 6 nitrogen and oxygen atoms in total. The van der Waals surface area contributed by atoms with E-state index >= 15 is 0 Å². The molecular formula is C11H19NO5S. The minimum atomic E-state index is -1.73.